The number of carbonyl (C=O) groups excluding carboxylic acids is 1. The molecule has 5 rings (SSSR count). The molecule has 0 spiro atoms. The van der Waals surface area contributed by atoms with Gasteiger partial charge in [-0.15, -0.1) is 0 Å². The van der Waals surface area contributed by atoms with Gasteiger partial charge in [-0.25, -0.2) is 0 Å². The molecule has 4 aromatic rings. The van der Waals surface area contributed by atoms with E-state index in [1.165, 1.54) is 0 Å². The summed E-state index contributed by atoms with van der Waals surface area (Å²) in [6.45, 7) is 0. The molecule has 0 fully saturated rings. The molecule has 3 nitrogen and oxygen atoms in total. The van der Waals surface area contributed by atoms with Gasteiger partial charge in [-0.3, -0.25) is 4.79 Å². The van der Waals surface area contributed by atoms with Crippen LogP contribution in [0.1, 0.15) is 27.0 Å². The van der Waals surface area contributed by atoms with Gasteiger partial charge in [0.05, 0.1) is 0 Å². The van der Waals surface area contributed by atoms with Gasteiger partial charge < -0.3 is 10.2 Å². The van der Waals surface area contributed by atoms with Crippen molar-refractivity contribution in [2.45, 2.75) is 5.41 Å². The van der Waals surface area contributed by atoms with Crippen LogP contribution in [0.25, 0.3) is 11.1 Å². The van der Waals surface area contributed by atoms with Gasteiger partial charge in [-0.05, 0) is 52.1 Å². The van der Waals surface area contributed by atoms with E-state index >= 15 is 0 Å². The van der Waals surface area contributed by atoms with Crippen LogP contribution in [0.15, 0.2) is 97.1 Å². The molecular weight excluding hydrogens is 360 g/mol. The minimum Gasteiger partial charge on any atom is -0.508 e. The molecule has 0 aromatic heterocycles. The summed E-state index contributed by atoms with van der Waals surface area (Å²) < 4.78 is 0. The second-order valence-electron chi connectivity index (χ2n) is 7.26. The average molecular weight is 378 g/mol. The topological polar surface area (TPSA) is 57.5 Å². The van der Waals surface area contributed by atoms with Gasteiger partial charge in [0, 0.05) is 5.56 Å². The summed E-state index contributed by atoms with van der Waals surface area (Å²) in [5.74, 6) is 0.265. The fourth-order valence-corrected chi connectivity index (χ4v) is 4.45. The summed E-state index contributed by atoms with van der Waals surface area (Å²) in [6.07, 6.45) is 0. The Balaban J connectivity index is 1.94. The maximum atomic E-state index is 14.1. The molecular formula is C26H18O3. The van der Waals surface area contributed by atoms with Crippen molar-refractivity contribution < 1.29 is 15.0 Å². The number of aromatic hydroxyl groups is 2. The number of Topliss-reactive ketones (excluding diaryl/α,β-unsaturated/α-hetero) is 1. The monoisotopic (exact) mass is 378 g/mol. The van der Waals surface area contributed by atoms with E-state index in [0.717, 1.165) is 27.8 Å². The number of hydrogen-bond acceptors (Lipinski definition) is 3. The molecule has 0 bridgehead atoms. The third-order valence-electron chi connectivity index (χ3n) is 5.73. The number of phenols is 2. The highest BCUT2D eigenvalue weighted by atomic mass is 16.3. The number of ketones is 1. The predicted octanol–water partition coefficient (Wildman–Crippen LogP) is 5.30. The maximum Gasteiger partial charge on any atom is 0.182 e. The number of carbonyl (C=O) groups is 1. The summed E-state index contributed by atoms with van der Waals surface area (Å²) in [7, 11) is 0. The van der Waals surface area contributed by atoms with Crippen LogP contribution < -0.4 is 0 Å². The summed E-state index contributed by atoms with van der Waals surface area (Å²) in [5.41, 5.74) is 3.94. The quantitative estimate of drug-likeness (QED) is 0.498. The van der Waals surface area contributed by atoms with E-state index in [1.807, 2.05) is 48.5 Å². The van der Waals surface area contributed by atoms with Crippen LogP contribution in [0.3, 0.4) is 0 Å². The molecule has 4 aromatic carbocycles. The smallest absolute Gasteiger partial charge is 0.182 e. The lowest BCUT2D eigenvalue weighted by Gasteiger charge is -2.39. The van der Waals surface area contributed by atoms with E-state index in [0.29, 0.717) is 5.56 Å². The zero-order valence-electron chi connectivity index (χ0n) is 15.5. The molecule has 0 amide bonds. The van der Waals surface area contributed by atoms with Gasteiger partial charge in [0.1, 0.15) is 16.9 Å². The molecule has 1 aliphatic carbocycles. The third kappa shape index (κ3) is 2.41. The highest BCUT2D eigenvalue weighted by Gasteiger charge is 2.48. The maximum absolute atomic E-state index is 14.1. The Hall–Kier alpha value is -3.85. The van der Waals surface area contributed by atoms with Crippen molar-refractivity contribution in [1.82, 2.24) is 0 Å². The second-order valence-corrected chi connectivity index (χ2v) is 7.26. The first-order chi connectivity index (χ1) is 14.1. The van der Waals surface area contributed by atoms with Gasteiger partial charge in [-0.1, -0.05) is 72.8 Å². The largest absolute Gasteiger partial charge is 0.508 e. The van der Waals surface area contributed by atoms with Crippen LogP contribution in [0, 0.1) is 0 Å². The molecule has 0 saturated carbocycles. The summed E-state index contributed by atoms with van der Waals surface area (Å²) >= 11 is 0. The fraction of sp³-hybridized carbons (Fsp3) is 0.0385. The molecule has 2 N–H and O–H groups in total. The first kappa shape index (κ1) is 17.3. The lowest BCUT2D eigenvalue weighted by Crippen LogP contribution is -2.41. The number of hydrogen-bond donors (Lipinski definition) is 2. The van der Waals surface area contributed by atoms with E-state index in [9.17, 15) is 15.0 Å². The molecule has 0 aliphatic heterocycles. The Morgan fingerprint density at radius 1 is 0.517 bits per heavy atom. The summed E-state index contributed by atoms with van der Waals surface area (Å²) in [4.78, 5) is 14.1. The average Bonchev–Trinajstić information content (AvgIpc) is 2.76. The van der Waals surface area contributed by atoms with Crippen molar-refractivity contribution >= 4 is 5.78 Å². The van der Waals surface area contributed by atoms with E-state index in [-0.39, 0.29) is 17.3 Å². The zero-order chi connectivity index (χ0) is 20.0. The normalized spacial score (nSPS) is 14.1. The molecule has 3 heteroatoms. The van der Waals surface area contributed by atoms with E-state index < -0.39 is 5.41 Å². The Morgan fingerprint density at radius 3 is 1.52 bits per heavy atom. The van der Waals surface area contributed by atoms with Crippen LogP contribution >= 0.6 is 0 Å². The van der Waals surface area contributed by atoms with Crippen LogP contribution in [0.5, 0.6) is 11.5 Å². The SMILES string of the molecule is O=C1c2ccccc2-c2ccccc2C1(c1ccc(O)cc1)c1ccc(O)cc1. The molecule has 0 saturated heterocycles. The lowest BCUT2D eigenvalue weighted by atomic mass is 9.60. The van der Waals surface area contributed by atoms with E-state index in [4.69, 9.17) is 0 Å². The first-order valence-electron chi connectivity index (χ1n) is 9.45. The van der Waals surface area contributed by atoms with Crippen molar-refractivity contribution in [2.75, 3.05) is 0 Å². The van der Waals surface area contributed by atoms with Crippen molar-refractivity contribution in [3.8, 4) is 22.6 Å². The molecule has 29 heavy (non-hydrogen) atoms. The Bertz CT molecular complexity index is 1180. The van der Waals surface area contributed by atoms with Crippen LogP contribution in [0.2, 0.25) is 0 Å². The fourth-order valence-electron chi connectivity index (χ4n) is 4.45. The molecule has 140 valence electrons. The van der Waals surface area contributed by atoms with E-state index in [2.05, 4.69) is 0 Å². The van der Waals surface area contributed by atoms with E-state index in [1.54, 1.807) is 48.5 Å². The molecule has 0 radical (unpaired) electrons. The minimum atomic E-state index is -1.08. The Kier molecular flexibility index (Phi) is 3.78. The minimum absolute atomic E-state index is 0.0248. The number of phenolic OH excluding ortho intramolecular Hbond substituents is 2. The van der Waals surface area contributed by atoms with Gasteiger partial charge in [0.25, 0.3) is 0 Å². The highest BCUT2D eigenvalue weighted by Crippen LogP contribution is 2.50. The standard InChI is InChI=1S/C26H18O3/c27-19-13-9-17(10-14-19)26(18-11-15-20(28)16-12-18)24-8-4-3-6-22(24)21-5-1-2-7-23(21)25(26)29/h1-16,27-28H. The number of rotatable bonds is 2. The number of benzene rings is 4. The predicted molar refractivity (Wildman–Crippen MR) is 112 cm³/mol. The molecule has 0 heterocycles. The highest BCUT2D eigenvalue weighted by molar-refractivity contribution is 6.16. The van der Waals surface area contributed by atoms with Crippen molar-refractivity contribution in [1.29, 1.82) is 0 Å². The summed E-state index contributed by atoms with van der Waals surface area (Å²) in [5, 5.41) is 19.7. The molecule has 0 atom stereocenters. The molecule has 0 unspecified atom stereocenters. The Morgan fingerprint density at radius 2 is 0.966 bits per heavy atom. The van der Waals surface area contributed by atoms with Crippen LogP contribution in [-0.2, 0) is 5.41 Å². The number of fused-ring (bicyclic) bond motifs is 3. The second kappa shape index (κ2) is 6.35. The van der Waals surface area contributed by atoms with Crippen molar-refractivity contribution in [3.05, 3.63) is 119 Å². The van der Waals surface area contributed by atoms with Gasteiger partial charge in [0.2, 0.25) is 0 Å². The lowest BCUT2D eigenvalue weighted by molar-refractivity contribution is 0.0933. The van der Waals surface area contributed by atoms with Crippen molar-refractivity contribution in [2.24, 2.45) is 0 Å². The Labute approximate surface area is 168 Å². The van der Waals surface area contributed by atoms with Crippen LogP contribution in [-0.4, -0.2) is 16.0 Å². The third-order valence-corrected chi connectivity index (χ3v) is 5.73. The van der Waals surface area contributed by atoms with Gasteiger partial charge in [-0.2, -0.15) is 0 Å². The zero-order valence-corrected chi connectivity index (χ0v) is 15.5. The van der Waals surface area contributed by atoms with Gasteiger partial charge in [0.15, 0.2) is 5.78 Å². The van der Waals surface area contributed by atoms with Gasteiger partial charge >= 0.3 is 0 Å². The van der Waals surface area contributed by atoms with Crippen LogP contribution in [0.4, 0.5) is 0 Å². The summed E-state index contributed by atoms with van der Waals surface area (Å²) in [6, 6.07) is 29.2. The molecule has 1 aliphatic rings. The van der Waals surface area contributed by atoms with Crippen molar-refractivity contribution in [3.63, 3.8) is 0 Å². The first-order valence-corrected chi connectivity index (χ1v) is 9.45.